The lowest BCUT2D eigenvalue weighted by molar-refractivity contribution is 0.590. The summed E-state index contributed by atoms with van der Waals surface area (Å²) < 4.78 is 0. The monoisotopic (exact) mass is 409 g/mol. The summed E-state index contributed by atoms with van der Waals surface area (Å²) in [6.45, 7) is 8.61. The summed E-state index contributed by atoms with van der Waals surface area (Å²) in [6, 6.07) is 12.4. The van der Waals surface area contributed by atoms with Gasteiger partial charge in [0.05, 0.1) is 11.4 Å². The number of thiophene rings is 2. The first-order valence-electron chi connectivity index (χ1n) is 9.25. The molecule has 0 bridgehead atoms. The molecule has 0 aliphatic heterocycles. The number of anilines is 1. The molecule has 0 saturated heterocycles. The van der Waals surface area contributed by atoms with E-state index in [0.717, 1.165) is 21.0 Å². The quantitative estimate of drug-likeness (QED) is 0.423. The van der Waals surface area contributed by atoms with Gasteiger partial charge in [0, 0.05) is 21.5 Å². The lowest BCUT2D eigenvalue weighted by Crippen LogP contribution is -2.17. The van der Waals surface area contributed by atoms with Crippen LogP contribution in [0, 0.1) is 0 Å². The summed E-state index contributed by atoms with van der Waals surface area (Å²) in [5.41, 5.74) is 3.31. The third kappa shape index (κ3) is 3.62. The zero-order valence-corrected chi connectivity index (χ0v) is 18.0. The van der Waals surface area contributed by atoms with Crippen molar-refractivity contribution >= 4 is 38.6 Å². The summed E-state index contributed by atoms with van der Waals surface area (Å²) >= 11 is 3.15. The Bertz CT molecular complexity index is 1150. The van der Waals surface area contributed by atoms with E-state index in [-0.39, 0.29) is 17.0 Å². The van der Waals surface area contributed by atoms with Gasteiger partial charge >= 0.3 is 0 Å². The molecule has 0 spiro atoms. The molecule has 0 radical (unpaired) electrons. The minimum Gasteiger partial charge on any atom is -0.375 e. The summed E-state index contributed by atoms with van der Waals surface area (Å²) in [5, 5.41) is 8.16. The SMILES string of the molecule is C[C@@H](Nc1ccc(C(C)(C)C)cc1)c1nc2scc(-c3cccs3)c2c(=O)[nH]1. The van der Waals surface area contributed by atoms with Crippen molar-refractivity contribution in [1.82, 2.24) is 9.97 Å². The maximum atomic E-state index is 12.8. The van der Waals surface area contributed by atoms with E-state index in [1.54, 1.807) is 11.3 Å². The van der Waals surface area contributed by atoms with Crippen LogP contribution in [0.1, 0.15) is 45.1 Å². The van der Waals surface area contributed by atoms with E-state index in [0.29, 0.717) is 11.2 Å². The van der Waals surface area contributed by atoms with Crippen LogP contribution in [0.5, 0.6) is 0 Å². The predicted molar refractivity (Wildman–Crippen MR) is 121 cm³/mol. The Kier molecular flexibility index (Phi) is 4.85. The Labute approximate surface area is 172 Å². The van der Waals surface area contributed by atoms with E-state index in [9.17, 15) is 4.79 Å². The van der Waals surface area contributed by atoms with Crippen molar-refractivity contribution in [2.45, 2.75) is 39.2 Å². The largest absolute Gasteiger partial charge is 0.375 e. The van der Waals surface area contributed by atoms with Crippen LogP contribution in [0.2, 0.25) is 0 Å². The molecule has 1 aromatic carbocycles. The Morgan fingerprint density at radius 1 is 1.11 bits per heavy atom. The van der Waals surface area contributed by atoms with Crippen molar-refractivity contribution in [2.24, 2.45) is 0 Å². The van der Waals surface area contributed by atoms with Crippen molar-refractivity contribution < 1.29 is 0 Å². The highest BCUT2D eigenvalue weighted by atomic mass is 32.1. The van der Waals surface area contributed by atoms with Gasteiger partial charge in [0.2, 0.25) is 0 Å². The molecule has 3 aromatic heterocycles. The standard InChI is InChI=1S/C22H23N3OS2/c1-13(23-15-9-7-14(8-10-15)22(2,3)4)19-24-20(26)18-16(12-28-21(18)25-19)17-6-5-11-27-17/h5-13,23H,1-4H3,(H,24,25,26)/t13-/m1/s1. The van der Waals surface area contributed by atoms with Gasteiger partial charge in [-0.15, -0.1) is 22.7 Å². The second kappa shape index (κ2) is 7.18. The van der Waals surface area contributed by atoms with Crippen molar-refractivity contribution in [3.8, 4) is 10.4 Å². The van der Waals surface area contributed by atoms with Crippen molar-refractivity contribution in [3.63, 3.8) is 0 Å². The number of nitrogens with one attached hydrogen (secondary N) is 2. The summed E-state index contributed by atoms with van der Waals surface area (Å²) in [4.78, 5) is 22.3. The second-order valence-electron chi connectivity index (χ2n) is 7.95. The Hall–Kier alpha value is -2.44. The molecule has 144 valence electrons. The lowest BCUT2D eigenvalue weighted by atomic mass is 9.87. The van der Waals surface area contributed by atoms with Crippen LogP contribution in [0.4, 0.5) is 5.69 Å². The molecule has 4 rings (SSSR count). The van der Waals surface area contributed by atoms with Gasteiger partial charge in [-0.05, 0) is 41.5 Å². The van der Waals surface area contributed by atoms with Gasteiger partial charge in [-0.25, -0.2) is 4.98 Å². The van der Waals surface area contributed by atoms with Gasteiger partial charge in [-0.2, -0.15) is 0 Å². The molecule has 4 nitrogen and oxygen atoms in total. The average molecular weight is 410 g/mol. The second-order valence-corrected chi connectivity index (χ2v) is 9.76. The van der Waals surface area contributed by atoms with E-state index < -0.39 is 0 Å². The van der Waals surface area contributed by atoms with E-state index in [2.05, 4.69) is 55.3 Å². The Morgan fingerprint density at radius 2 is 1.86 bits per heavy atom. The molecule has 0 unspecified atom stereocenters. The zero-order valence-electron chi connectivity index (χ0n) is 16.4. The molecule has 28 heavy (non-hydrogen) atoms. The minimum atomic E-state index is -0.107. The number of benzene rings is 1. The number of hydrogen-bond donors (Lipinski definition) is 2. The van der Waals surface area contributed by atoms with E-state index in [1.165, 1.54) is 16.9 Å². The number of nitrogens with zero attached hydrogens (tertiary/aromatic N) is 1. The maximum Gasteiger partial charge on any atom is 0.260 e. The highest BCUT2D eigenvalue weighted by Crippen LogP contribution is 2.34. The van der Waals surface area contributed by atoms with Crippen molar-refractivity contribution in [3.05, 3.63) is 68.9 Å². The average Bonchev–Trinajstić information content (AvgIpc) is 3.30. The van der Waals surface area contributed by atoms with Gasteiger partial charge in [0.1, 0.15) is 10.7 Å². The first-order valence-corrected chi connectivity index (χ1v) is 11.0. The van der Waals surface area contributed by atoms with E-state index >= 15 is 0 Å². The molecule has 6 heteroatoms. The molecule has 0 aliphatic carbocycles. The first-order chi connectivity index (χ1) is 13.3. The summed E-state index contributed by atoms with van der Waals surface area (Å²) in [7, 11) is 0. The smallest absolute Gasteiger partial charge is 0.260 e. The molecule has 0 aliphatic rings. The van der Waals surface area contributed by atoms with Crippen LogP contribution in [0.3, 0.4) is 0 Å². The number of H-pyrrole nitrogens is 1. The van der Waals surface area contributed by atoms with Crippen molar-refractivity contribution in [1.29, 1.82) is 0 Å². The fourth-order valence-electron chi connectivity index (χ4n) is 3.17. The van der Waals surface area contributed by atoms with Gasteiger partial charge < -0.3 is 10.3 Å². The minimum absolute atomic E-state index is 0.0821. The van der Waals surface area contributed by atoms with Gasteiger partial charge in [-0.3, -0.25) is 4.79 Å². The van der Waals surface area contributed by atoms with Crippen LogP contribution in [0.15, 0.2) is 52.0 Å². The fraction of sp³-hybridized carbons (Fsp3) is 0.273. The molecule has 0 fully saturated rings. The third-order valence-electron chi connectivity index (χ3n) is 4.79. The van der Waals surface area contributed by atoms with Crippen LogP contribution in [0.25, 0.3) is 20.7 Å². The number of fused-ring (bicyclic) bond motifs is 1. The Morgan fingerprint density at radius 3 is 2.50 bits per heavy atom. The molecule has 0 amide bonds. The Balaban J connectivity index is 1.61. The molecular weight excluding hydrogens is 386 g/mol. The highest BCUT2D eigenvalue weighted by molar-refractivity contribution is 7.18. The molecular formula is C22H23N3OS2. The molecule has 3 heterocycles. The van der Waals surface area contributed by atoms with Crippen LogP contribution in [-0.2, 0) is 5.41 Å². The van der Waals surface area contributed by atoms with Crippen molar-refractivity contribution in [2.75, 3.05) is 5.32 Å². The topological polar surface area (TPSA) is 57.8 Å². The van der Waals surface area contributed by atoms with Gasteiger partial charge in [0.15, 0.2) is 0 Å². The normalized spacial score (nSPS) is 13.0. The fourth-order valence-corrected chi connectivity index (χ4v) is 4.94. The van der Waals surface area contributed by atoms with Crippen LogP contribution in [-0.4, -0.2) is 9.97 Å². The van der Waals surface area contributed by atoms with Gasteiger partial charge in [0.25, 0.3) is 5.56 Å². The molecule has 2 N–H and O–H groups in total. The van der Waals surface area contributed by atoms with Crippen LogP contribution < -0.4 is 10.9 Å². The summed E-state index contributed by atoms with van der Waals surface area (Å²) in [5.74, 6) is 0.650. The molecule has 1 atom stereocenters. The lowest BCUT2D eigenvalue weighted by Gasteiger charge is -2.20. The molecule has 4 aromatic rings. The highest BCUT2D eigenvalue weighted by Gasteiger charge is 2.17. The number of hydrogen-bond acceptors (Lipinski definition) is 5. The number of aromatic amines is 1. The van der Waals surface area contributed by atoms with E-state index in [4.69, 9.17) is 4.98 Å². The molecule has 0 saturated carbocycles. The number of rotatable bonds is 4. The van der Waals surface area contributed by atoms with E-state index in [1.807, 2.05) is 29.8 Å². The summed E-state index contributed by atoms with van der Waals surface area (Å²) in [6.07, 6.45) is 0. The first kappa shape index (κ1) is 18.9. The third-order valence-corrected chi connectivity index (χ3v) is 6.57. The number of aromatic nitrogens is 2. The maximum absolute atomic E-state index is 12.8. The van der Waals surface area contributed by atoms with Crippen LogP contribution >= 0.6 is 22.7 Å². The zero-order chi connectivity index (χ0) is 19.9. The predicted octanol–water partition coefficient (Wildman–Crippen LogP) is 6.18. The van der Waals surface area contributed by atoms with Gasteiger partial charge in [-0.1, -0.05) is 39.0 Å².